The van der Waals surface area contributed by atoms with E-state index in [1.54, 1.807) is 0 Å². The Morgan fingerprint density at radius 2 is 2.31 bits per heavy atom. The molecule has 1 amide bonds. The number of thiol groups is 1. The number of anilines is 1. The molecule has 2 nitrogen and oxygen atoms in total. The Bertz CT molecular complexity index is 421. The van der Waals surface area contributed by atoms with E-state index in [1.165, 1.54) is 3.57 Å². The van der Waals surface area contributed by atoms with Crippen LogP contribution in [0.15, 0.2) is 18.2 Å². The highest BCUT2D eigenvalue weighted by Crippen LogP contribution is 2.29. The third-order valence-electron chi connectivity index (χ3n) is 2.93. The van der Waals surface area contributed by atoms with Crippen LogP contribution in [-0.4, -0.2) is 18.2 Å². The Labute approximate surface area is 115 Å². The molecule has 0 radical (unpaired) electrons. The number of carbonyl (C=O) groups is 1. The lowest BCUT2D eigenvalue weighted by Gasteiger charge is -2.19. The van der Waals surface area contributed by atoms with Gasteiger partial charge in [0, 0.05) is 22.2 Å². The van der Waals surface area contributed by atoms with Gasteiger partial charge in [0.25, 0.3) is 0 Å². The van der Waals surface area contributed by atoms with E-state index in [9.17, 15) is 4.79 Å². The molecule has 4 heteroatoms. The molecule has 1 atom stereocenters. The molecule has 0 aromatic heterocycles. The highest BCUT2D eigenvalue weighted by molar-refractivity contribution is 14.1. The van der Waals surface area contributed by atoms with E-state index >= 15 is 0 Å². The van der Waals surface area contributed by atoms with Gasteiger partial charge in [-0.05, 0) is 58.9 Å². The van der Waals surface area contributed by atoms with Crippen molar-refractivity contribution in [1.29, 1.82) is 0 Å². The number of carbonyl (C=O) groups excluding carboxylic acids is 1. The minimum atomic E-state index is 0.226. The second-order valence-electron chi connectivity index (χ2n) is 4.19. The van der Waals surface area contributed by atoms with E-state index in [-0.39, 0.29) is 5.91 Å². The molecule has 1 aromatic rings. The summed E-state index contributed by atoms with van der Waals surface area (Å²) in [4.78, 5) is 13.8. The number of aryl methyl sites for hydroxylation is 1. The van der Waals surface area contributed by atoms with Gasteiger partial charge in [0.05, 0.1) is 0 Å². The van der Waals surface area contributed by atoms with Crippen LogP contribution < -0.4 is 4.90 Å². The standard InChI is InChI=1S/C12H14INOS/c1-8-2-3-10(13)5-11(8)14-6-9(7-16)4-12(14)15/h2-3,5,9,16H,4,6-7H2,1H3. The van der Waals surface area contributed by atoms with Crippen molar-refractivity contribution in [2.45, 2.75) is 13.3 Å². The van der Waals surface area contributed by atoms with Crippen LogP contribution in [0.5, 0.6) is 0 Å². The van der Waals surface area contributed by atoms with E-state index < -0.39 is 0 Å². The summed E-state index contributed by atoms with van der Waals surface area (Å²) in [6, 6.07) is 6.21. The molecule has 1 unspecified atom stereocenters. The molecule has 0 aliphatic carbocycles. The number of halogens is 1. The van der Waals surface area contributed by atoms with Crippen molar-refractivity contribution >= 4 is 46.8 Å². The predicted octanol–water partition coefficient (Wildman–Crippen LogP) is 2.88. The number of hydrogen-bond acceptors (Lipinski definition) is 2. The minimum absolute atomic E-state index is 0.226. The fourth-order valence-electron chi connectivity index (χ4n) is 2.01. The molecule has 2 rings (SSSR count). The molecule has 86 valence electrons. The normalized spacial score (nSPS) is 20.6. The van der Waals surface area contributed by atoms with Crippen molar-refractivity contribution in [2.24, 2.45) is 5.92 Å². The lowest BCUT2D eigenvalue weighted by Crippen LogP contribution is -2.25. The maximum absolute atomic E-state index is 11.9. The fourth-order valence-corrected chi connectivity index (χ4v) is 2.73. The Morgan fingerprint density at radius 1 is 1.56 bits per heavy atom. The third kappa shape index (κ3) is 2.37. The van der Waals surface area contributed by atoms with Crippen LogP contribution in [0.1, 0.15) is 12.0 Å². The summed E-state index contributed by atoms with van der Waals surface area (Å²) >= 11 is 6.55. The van der Waals surface area contributed by atoms with Gasteiger partial charge >= 0.3 is 0 Å². The van der Waals surface area contributed by atoms with Crippen LogP contribution in [0.4, 0.5) is 5.69 Å². The van der Waals surface area contributed by atoms with Crippen molar-refractivity contribution in [3.8, 4) is 0 Å². The van der Waals surface area contributed by atoms with Crippen molar-refractivity contribution in [3.05, 3.63) is 27.3 Å². The molecule has 0 bridgehead atoms. The van der Waals surface area contributed by atoms with Gasteiger partial charge in [-0.3, -0.25) is 4.79 Å². The first kappa shape index (κ1) is 12.2. The van der Waals surface area contributed by atoms with Crippen molar-refractivity contribution in [3.63, 3.8) is 0 Å². The first-order valence-corrected chi connectivity index (χ1v) is 7.00. The van der Waals surface area contributed by atoms with Crippen LogP contribution in [0.3, 0.4) is 0 Å². The summed E-state index contributed by atoms with van der Waals surface area (Å²) in [6.07, 6.45) is 0.633. The van der Waals surface area contributed by atoms with Crippen molar-refractivity contribution in [1.82, 2.24) is 0 Å². The van der Waals surface area contributed by atoms with Crippen LogP contribution in [0, 0.1) is 16.4 Å². The number of hydrogen-bond donors (Lipinski definition) is 1. The molecule has 1 aliphatic heterocycles. The lowest BCUT2D eigenvalue weighted by molar-refractivity contribution is -0.117. The first-order chi connectivity index (χ1) is 7.61. The second-order valence-corrected chi connectivity index (χ2v) is 5.80. The Balaban J connectivity index is 2.30. The van der Waals surface area contributed by atoms with Crippen LogP contribution in [0.2, 0.25) is 0 Å². The number of nitrogens with zero attached hydrogens (tertiary/aromatic N) is 1. The zero-order valence-electron chi connectivity index (χ0n) is 9.11. The maximum atomic E-state index is 11.9. The van der Waals surface area contributed by atoms with Gasteiger partial charge in [0.1, 0.15) is 0 Å². The third-order valence-corrected chi connectivity index (χ3v) is 4.11. The van der Waals surface area contributed by atoms with Gasteiger partial charge in [-0.25, -0.2) is 0 Å². The lowest BCUT2D eigenvalue weighted by atomic mass is 10.1. The van der Waals surface area contributed by atoms with E-state index in [2.05, 4.69) is 53.4 Å². The molecule has 0 spiro atoms. The monoisotopic (exact) mass is 347 g/mol. The second kappa shape index (κ2) is 4.96. The van der Waals surface area contributed by atoms with E-state index in [0.29, 0.717) is 12.3 Å². The van der Waals surface area contributed by atoms with E-state index in [4.69, 9.17) is 0 Å². The molecule has 1 saturated heterocycles. The summed E-state index contributed by atoms with van der Waals surface area (Å²) in [6.45, 7) is 2.86. The molecule has 1 fully saturated rings. The topological polar surface area (TPSA) is 20.3 Å². The summed E-state index contributed by atoms with van der Waals surface area (Å²) < 4.78 is 1.17. The van der Waals surface area contributed by atoms with Gasteiger partial charge < -0.3 is 4.90 Å². The highest BCUT2D eigenvalue weighted by Gasteiger charge is 2.30. The fraction of sp³-hybridized carbons (Fsp3) is 0.417. The first-order valence-electron chi connectivity index (χ1n) is 5.29. The van der Waals surface area contributed by atoms with Gasteiger partial charge in [-0.15, -0.1) is 0 Å². The van der Waals surface area contributed by atoms with Gasteiger partial charge in [0.15, 0.2) is 0 Å². The molecule has 1 heterocycles. The summed E-state index contributed by atoms with van der Waals surface area (Å²) in [5.41, 5.74) is 2.22. The SMILES string of the molecule is Cc1ccc(I)cc1N1CC(CS)CC1=O. The molecular formula is C12H14INOS. The van der Waals surface area contributed by atoms with Gasteiger partial charge in [-0.2, -0.15) is 12.6 Å². The molecule has 0 saturated carbocycles. The van der Waals surface area contributed by atoms with Crippen LogP contribution >= 0.6 is 35.2 Å². The molecule has 16 heavy (non-hydrogen) atoms. The average Bonchev–Trinajstić information content (AvgIpc) is 2.63. The number of benzene rings is 1. The largest absolute Gasteiger partial charge is 0.312 e. The molecule has 0 N–H and O–H groups in total. The Morgan fingerprint density at radius 3 is 2.94 bits per heavy atom. The van der Waals surface area contributed by atoms with Crippen LogP contribution in [0.25, 0.3) is 0 Å². The number of rotatable bonds is 2. The highest BCUT2D eigenvalue weighted by atomic mass is 127. The van der Waals surface area contributed by atoms with Crippen LogP contribution in [-0.2, 0) is 4.79 Å². The van der Waals surface area contributed by atoms with E-state index in [1.807, 2.05) is 11.8 Å². The van der Waals surface area contributed by atoms with E-state index in [0.717, 1.165) is 23.5 Å². The van der Waals surface area contributed by atoms with Gasteiger partial charge in [0.2, 0.25) is 5.91 Å². The minimum Gasteiger partial charge on any atom is -0.312 e. The van der Waals surface area contributed by atoms with Crippen molar-refractivity contribution < 1.29 is 4.79 Å². The zero-order valence-corrected chi connectivity index (χ0v) is 12.2. The quantitative estimate of drug-likeness (QED) is 0.644. The summed E-state index contributed by atoms with van der Waals surface area (Å²) in [7, 11) is 0. The molecule has 1 aromatic carbocycles. The molecular weight excluding hydrogens is 333 g/mol. The Hall–Kier alpha value is -0.230. The number of amides is 1. The summed E-state index contributed by atoms with van der Waals surface area (Å²) in [5.74, 6) is 1.41. The maximum Gasteiger partial charge on any atom is 0.227 e. The average molecular weight is 347 g/mol. The van der Waals surface area contributed by atoms with Gasteiger partial charge in [-0.1, -0.05) is 6.07 Å². The Kier molecular flexibility index (Phi) is 3.79. The smallest absolute Gasteiger partial charge is 0.227 e. The summed E-state index contributed by atoms with van der Waals surface area (Å²) in [5, 5.41) is 0. The molecule has 1 aliphatic rings. The zero-order chi connectivity index (χ0) is 11.7. The van der Waals surface area contributed by atoms with Crippen molar-refractivity contribution in [2.75, 3.05) is 17.2 Å². The predicted molar refractivity (Wildman–Crippen MR) is 78.2 cm³/mol.